The third kappa shape index (κ3) is 6.21. The van der Waals surface area contributed by atoms with Gasteiger partial charge in [-0.05, 0) is 25.1 Å². The second-order valence-electron chi connectivity index (χ2n) is 7.83. The van der Waals surface area contributed by atoms with Crippen molar-refractivity contribution in [2.75, 3.05) is 61.5 Å². The van der Waals surface area contributed by atoms with Crippen molar-refractivity contribution < 1.29 is 19.2 Å². The molecule has 0 spiro atoms. The van der Waals surface area contributed by atoms with Crippen LogP contribution in [0.1, 0.15) is 17.3 Å². The number of esters is 1. The molecule has 188 valence electrons. The van der Waals surface area contributed by atoms with Crippen molar-refractivity contribution in [3.05, 3.63) is 64.5 Å². The second kappa shape index (κ2) is 11.9. The van der Waals surface area contributed by atoms with Gasteiger partial charge in [-0.15, -0.1) is 0 Å². The molecule has 0 unspecified atom stereocenters. The second-order valence-corrected chi connectivity index (χ2v) is 7.83. The Balaban J connectivity index is 1.45. The molecular formula is C24H27N7O5. The number of nitrogens with one attached hydrogen (secondary N) is 2. The van der Waals surface area contributed by atoms with Gasteiger partial charge in [0.2, 0.25) is 5.95 Å². The van der Waals surface area contributed by atoms with Crippen LogP contribution in [0.25, 0.3) is 11.3 Å². The molecule has 2 N–H and O–H groups in total. The molecule has 1 saturated heterocycles. The Morgan fingerprint density at radius 2 is 1.83 bits per heavy atom. The highest BCUT2D eigenvalue weighted by Gasteiger charge is 2.18. The molecule has 12 heteroatoms. The predicted molar refractivity (Wildman–Crippen MR) is 134 cm³/mol. The fourth-order valence-corrected chi connectivity index (χ4v) is 3.66. The Labute approximate surface area is 207 Å². The first kappa shape index (κ1) is 24.8. The van der Waals surface area contributed by atoms with Crippen molar-refractivity contribution in [1.82, 2.24) is 15.0 Å². The van der Waals surface area contributed by atoms with E-state index in [4.69, 9.17) is 9.47 Å². The van der Waals surface area contributed by atoms with E-state index in [-0.39, 0.29) is 17.9 Å². The number of carbonyl (C=O) groups is 1. The highest BCUT2D eigenvalue weighted by molar-refractivity contribution is 5.96. The third-order valence-electron chi connectivity index (χ3n) is 5.47. The zero-order valence-corrected chi connectivity index (χ0v) is 19.8. The number of anilines is 3. The summed E-state index contributed by atoms with van der Waals surface area (Å²) in [7, 11) is 0. The fourth-order valence-electron chi connectivity index (χ4n) is 3.66. The molecule has 3 aromatic rings. The van der Waals surface area contributed by atoms with Gasteiger partial charge in [-0.2, -0.15) is 0 Å². The smallest absolute Gasteiger partial charge is 0.341 e. The summed E-state index contributed by atoms with van der Waals surface area (Å²) in [5, 5.41) is 16.9. The summed E-state index contributed by atoms with van der Waals surface area (Å²) in [5.41, 5.74) is 2.55. The van der Waals surface area contributed by atoms with E-state index < -0.39 is 10.9 Å². The van der Waals surface area contributed by atoms with Gasteiger partial charge < -0.3 is 25.0 Å². The minimum absolute atomic E-state index is 0.0701. The topological polar surface area (TPSA) is 145 Å². The van der Waals surface area contributed by atoms with Crippen LogP contribution in [-0.4, -0.2) is 71.8 Å². The van der Waals surface area contributed by atoms with Gasteiger partial charge in [0.25, 0.3) is 5.69 Å². The Kier molecular flexibility index (Phi) is 8.19. The quantitative estimate of drug-likeness (QED) is 0.186. The molecule has 4 rings (SSSR count). The Hall–Kier alpha value is -4.32. The molecule has 0 atom stereocenters. The molecule has 12 nitrogen and oxygen atoms in total. The number of benzene rings is 1. The minimum atomic E-state index is -0.497. The molecule has 0 radical (unpaired) electrons. The summed E-state index contributed by atoms with van der Waals surface area (Å²) in [5.74, 6) is 0.387. The number of pyridine rings is 1. The lowest BCUT2D eigenvalue weighted by atomic mass is 10.1. The van der Waals surface area contributed by atoms with Crippen LogP contribution in [0.4, 0.5) is 23.1 Å². The van der Waals surface area contributed by atoms with E-state index in [1.165, 1.54) is 18.5 Å². The van der Waals surface area contributed by atoms with Gasteiger partial charge in [-0.25, -0.2) is 19.7 Å². The lowest BCUT2D eigenvalue weighted by Gasteiger charge is -2.28. The SMILES string of the molecule is CCOC(=O)c1cnc(NCCNc2ccc([N+](=O)[O-])cn2)nc1-c1ccc(N2CCOCC2)cc1. The van der Waals surface area contributed by atoms with Crippen molar-refractivity contribution in [3.63, 3.8) is 0 Å². The van der Waals surface area contributed by atoms with E-state index in [9.17, 15) is 14.9 Å². The summed E-state index contributed by atoms with van der Waals surface area (Å²) >= 11 is 0. The van der Waals surface area contributed by atoms with Crippen LogP contribution in [0.15, 0.2) is 48.8 Å². The number of nitro groups is 1. The summed E-state index contributed by atoms with van der Waals surface area (Å²) in [6.07, 6.45) is 2.66. The first-order valence-electron chi connectivity index (χ1n) is 11.6. The monoisotopic (exact) mass is 493 g/mol. The van der Waals surface area contributed by atoms with Crippen LogP contribution >= 0.6 is 0 Å². The standard InChI is InChI=1S/C24H27N7O5/c1-2-36-23(32)20-16-28-24(26-10-9-25-21-8-7-19(15-27-21)31(33)34)29-22(20)17-3-5-18(6-4-17)30-11-13-35-14-12-30/h3-8,15-16H,2,9-14H2,1H3,(H,25,27)(H,26,28,29). The zero-order valence-electron chi connectivity index (χ0n) is 19.8. The van der Waals surface area contributed by atoms with E-state index in [1.807, 2.05) is 24.3 Å². The van der Waals surface area contributed by atoms with Gasteiger partial charge in [0.1, 0.15) is 17.6 Å². The predicted octanol–water partition coefficient (Wildman–Crippen LogP) is 2.98. The van der Waals surface area contributed by atoms with Crippen LogP contribution < -0.4 is 15.5 Å². The maximum Gasteiger partial charge on any atom is 0.341 e. The fraction of sp³-hybridized carbons (Fsp3) is 0.333. The normalized spacial score (nSPS) is 13.2. The molecule has 36 heavy (non-hydrogen) atoms. The van der Waals surface area contributed by atoms with Crippen LogP contribution in [0.2, 0.25) is 0 Å². The third-order valence-corrected chi connectivity index (χ3v) is 5.47. The highest BCUT2D eigenvalue weighted by atomic mass is 16.6. The molecule has 1 aromatic carbocycles. The van der Waals surface area contributed by atoms with Crippen LogP contribution in [0.3, 0.4) is 0 Å². The molecule has 0 amide bonds. The van der Waals surface area contributed by atoms with Gasteiger partial charge in [0, 0.05) is 49.7 Å². The molecular weight excluding hydrogens is 466 g/mol. The molecule has 3 heterocycles. The number of aromatic nitrogens is 3. The average Bonchev–Trinajstić information content (AvgIpc) is 2.92. The summed E-state index contributed by atoms with van der Waals surface area (Å²) < 4.78 is 10.6. The lowest BCUT2D eigenvalue weighted by Crippen LogP contribution is -2.36. The van der Waals surface area contributed by atoms with Gasteiger partial charge in [0.05, 0.1) is 30.4 Å². The summed E-state index contributed by atoms with van der Waals surface area (Å²) in [4.78, 5) is 37.9. The van der Waals surface area contributed by atoms with Crippen molar-refractivity contribution in [1.29, 1.82) is 0 Å². The number of ether oxygens (including phenoxy) is 2. The molecule has 0 bridgehead atoms. The maximum absolute atomic E-state index is 12.5. The van der Waals surface area contributed by atoms with E-state index in [2.05, 4.69) is 30.5 Å². The molecule has 0 aliphatic carbocycles. The summed E-state index contributed by atoms with van der Waals surface area (Å²) in [6, 6.07) is 10.8. The molecule has 1 aliphatic heterocycles. The first-order chi connectivity index (χ1) is 17.5. The Morgan fingerprint density at radius 3 is 2.50 bits per heavy atom. The van der Waals surface area contributed by atoms with Crippen LogP contribution in [-0.2, 0) is 9.47 Å². The zero-order chi connectivity index (χ0) is 25.3. The van der Waals surface area contributed by atoms with Gasteiger partial charge in [-0.3, -0.25) is 10.1 Å². The van der Waals surface area contributed by atoms with E-state index in [0.29, 0.717) is 43.8 Å². The van der Waals surface area contributed by atoms with Crippen LogP contribution in [0.5, 0.6) is 0 Å². The number of hydrogen-bond donors (Lipinski definition) is 2. The number of morpholine rings is 1. The van der Waals surface area contributed by atoms with Gasteiger partial charge in [-0.1, -0.05) is 12.1 Å². The molecule has 1 fully saturated rings. The molecule has 1 aliphatic rings. The van der Waals surface area contributed by atoms with E-state index in [1.54, 1.807) is 13.0 Å². The highest BCUT2D eigenvalue weighted by Crippen LogP contribution is 2.26. The molecule has 0 saturated carbocycles. The largest absolute Gasteiger partial charge is 0.462 e. The minimum Gasteiger partial charge on any atom is -0.462 e. The van der Waals surface area contributed by atoms with E-state index in [0.717, 1.165) is 24.3 Å². The number of hydrogen-bond acceptors (Lipinski definition) is 11. The number of carbonyl (C=O) groups excluding carboxylic acids is 1. The van der Waals surface area contributed by atoms with Crippen molar-refractivity contribution in [3.8, 4) is 11.3 Å². The Bertz CT molecular complexity index is 1180. The van der Waals surface area contributed by atoms with Crippen molar-refractivity contribution in [2.24, 2.45) is 0 Å². The van der Waals surface area contributed by atoms with Crippen molar-refractivity contribution in [2.45, 2.75) is 6.92 Å². The number of nitrogens with zero attached hydrogens (tertiary/aromatic N) is 5. The number of rotatable bonds is 10. The van der Waals surface area contributed by atoms with Gasteiger partial charge in [0.15, 0.2) is 0 Å². The van der Waals surface area contributed by atoms with Crippen LogP contribution in [0, 0.1) is 10.1 Å². The van der Waals surface area contributed by atoms with Gasteiger partial charge >= 0.3 is 5.97 Å². The van der Waals surface area contributed by atoms with E-state index >= 15 is 0 Å². The molecule has 2 aromatic heterocycles. The first-order valence-corrected chi connectivity index (χ1v) is 11.6. The maximum atomic E-state index is 12.5. The summed E-state index contributed by atoms with van der Waals surface area (Å²) in [6.45, 7) is 5.98. The Morgan fingerprint density at radius 1 is 1.08 bits per heavy atom. The lowest BCUT2D eigenvalue weighted by molar-refractivity contribution is -0.385. The average molecular weight is 494 g/mol. The van der Waals surface area contributed by atoms with Crippen molar-refractivity contribution >= 4 is 29.1 Å².